The normalized spacial score (nSPS) is 14.6. The maximum absolute atomic E-state index is 6.21. The first kappa shape index (κ1) is 15.4. The van der Waals surface area contributed by atoms with Crippen LogP contribution in [0.2, 0.25) is 5.02 Å². The van der Waals surface area contributed by atoms with Gasteiger partial charge in [-0.2, -0.15) is 0 Å². The van der Waals surface area contributed by atoms with Crippen LogP contribution in [0.15, 0.2) is 28.7 Å². The van der Waals surface area contributed by atoms with Crippen LogP contribution >= 0.6 is 11.6 Å². The van der Waals surface area contributed by atoms with Crippen LogP contribution in [0.4, 0.5) is 0 Å². The number of halogens is 1. The van der Waals surface area contributed by atoms with Gasteiger partial charge in [0.15, 0.2) is 5.58 Å². The van der Waals surface area contributed by atoms with E-state index in [1.165, 1.54) is 12.8 Å². The molecule has 2 unspecified atom stereocenters. The highest BCUT2D eigenvalue weighted by Gasteiger charge is 2.22. The predicted octanol–water partition coefficient (Wildman–Crippen LogP) is 5.56. The first-order chi connectivity index (χ1) is 9.67. The van der Waals surface area contributed by atoms with Crippen LogP contribution in [0, 0.1) is 5.92 Å². The molecule has 0 radical (unpaired) electrons. The van der Waals surface area contributed by atoms with Crippen LogP contribution in [0.25, 0.3) is 11.0 Å². The van der Waals surface area contributed by atoms with Gasteiger partial charge in [0.1, 0.15) is 5.76 Å². The Hall–Kier alpha value is -0.990. The Morgan fingerprint density at radius 1 is 1.25 bits per heavy atom. The van der Waals surface area contributed by atoms with Crippen LogP contribution in [-0.4, -0.2) is 6.54 Å². The van der Waals surface area contributed by atoms with Crippen LogP contribution in [0.3, 0.4) is 0 Å². The molecular formula is C17H24ClNO. The third kappa shape index (κ3) is 3.36. The van der Waals surface area contributed by atoms with Gasteiger partial charge in [-0.15, -0.1) is 0 Å². The third-order valence-corrected chi connectivity index (χ3v) is 4.05. The summed E-state index contributed by atoms with van der Waals surface area (Å²) in [7, 11) is 0. The molecule has 3 heteroatoms. The third-order valence-electron chi connectivity index (χ3n) is 3.75. The van der Waals surface area contributed by atoms with Crippen molar-refractivity contribution in [3.8, 4) is 0 Å². The SMILES string of the molecule is CCCNC(c1cc2cccc(Cl)c2o1)C(C)CCC. The van der Waals surface area contributed by atoms with E-state index in [2.05, 4.69) is 38.2 Å². The molecule has 0 aliphatic rings. The van der Waals surface area contributed by atoms with Gasteiger partial charge in [0, 0.05) is 5.39 Å². The Kier molecular flexibility index (Phi) is 5.50. The van der Waals surface area contributed by atoms with Gasteiger partial charge in [-0.1, -0.05) is 50.9 Å². The van der Waals surface area contributed by atoms with E-state index in [1.807, 2.05) is 12.1 Å². The van der Waals surface area contributed by atoms with Crippen molar-refractivity contribution in [2.75, 3.05) is 6.54 Å². The van der Waals surface area contributed by atoms with Crippen molar-refractivity contribution in [1.29, 1.82) is 0 Å². The summed E-state index contributed by atoms with van der Waals surface area (Å²) in [5.41, 5.74) is 0.802. The van der Waals surface area contributed by atoms with E-state index >= 15 is 0 Å². The number of rotatable bonds is 7. The van der Waals surface area contributed by atoms with Gasteiger partial charge in [-0.05, 0) is 37.4 Å². The Morgan fingerprint density at radius 3 is 2.70 bits per heavy atom. The maximum Gasteiger partial charge on any atom is 0.152 e. The average Bonchev–Trinajstić information content (AvgIpc) is 2.85. The first-order valence-corrected chi connectivity index (χ1v) is 7.96. The molecule has 0 amide bonds. The van der Waals surface area contributed by atoms with Gasteiger partial charge in [0.05, 0.1) is 11.1 Å². The molecule has 20 heavy (non-hydrogen) atoms. The molecule has 0 spiro atoms. The van der Waals surface area contributed by atoms with Gasteiger partial charge >= 0.3 is 0 Å². The highest BCUT2D eigenvalue weighted by Crippen LogP contribution is 2.33. The van der Waals surface area contributed by atoms with E-state index in [9.17, 15) is 0 Å². The molecule has 0 aliphatic heterocycles. The number of para-hydroxylation sites is 1. The Labute approximate surface area is 126 Å². The summed E-state index contributed by atoms with van der Waals surface area (Å²) in [6, 6.07) is 8.28. The largest absolute Gasteiger partial charge is 0.458 e. The molecule has 2 atom stereocenters. The van der Waals surface area contributed by atoms with E-state index < -0.39 is 0 Å². The quantitative estimate of drug-likeness (QED) is 0.722. The first-order valence-electron chi connectivity index (χ1n) is 7.58. The summed E-state index contributed by atoms with van der Waals surface area (Å²) in [6.07, 6.45) is 3.49. The average molecular weight is 294 g/mol. The number of nitrogens with one attached hydrogen (secondary N) is 1. The van der Waals surface area contributed by atoms with Crippen LogP contribution in [0.1, 0.15) is 51.8 Å². The second kappa shape index (κ2) is 7.14. The zero-order valence-electron chi connectivity index (χ0n) is 12.6. The molecule has 1 aromatic heterocycles. The molecule has 2 rings (SSSR count). The van der Waals surface area contributed by atoms with Gasteiger partial charge in [-0.3, -0.25) is 0 Å². The lowest BCUT2D eigenvalue weighted by atomic mass is 9.94. The molecule has 2 nitrogen and oxygen atoms in total. The highest BCUT2D eigenvalue weighted by molar-refractivity contribution is 6.34. The number of fused-ring (bicyclic) bond motifs is 1. The lowest BCUT2D eigenvalue weighted by Gasteiger charge is -2.23. The molecule has 2 aromatic rings. The fraction of sp³-hybridized carbons (Fsp3) is 0.529. The number of hydrogen-bond acceptors (Lipinski definition) is 2. The highest BCUT2D eigenvalue weighted by atomic mass is 35.5. The molecule has 110 valence electrons. The van der Waals surface area contributed by atoms with Crippen molar-refractivity contribution in [3.63, 3.8) is 0 Å². The van der Waals surface area contributed by atoms with E-state index in [1.54, 1.807) is 0 Å². The molecular weight excluding hydrogens is 270 g/mol. The number of hydrogen-bond donors (Lipinski definition) is 1. The molecule has 0 bridgehead atoms. The van der Waals surface area contributed by atoms with Crippen LogP contribution < -0.4 is 5.32 Å². The fourth-order valence-electron chi connectivity index (χ4n) is 2.70. The summed E-state index contributed by atoms with van der Waals surface area (Å²) in [5, 5.41) is 5.38. The topological polar surface area (TPSA) is 25.2 Å². The molecule has 1 aromatic carbocycles. The van der Waals surface area contributed by atoms with Gasteiger partial charge in [-0.25, -0.2) is 0 Å². The summed E-state index contributed by atoms with van der Waals surface area (Å²) in [5.74, 6) is 1.55. The lowest BCUT2D eigenvalue weighted by molar-refractivity contribution is 0.317. The van der Waals surface area contributed by atoms with Gasteiger partial charge in [0.2, 0.25) is 0 Å². The second-order valence-electron chi connectivity index (χ2n) is 5.50. The van der Waals surface area contributed by atoms with Crippen LogP contribution in [-0.2, 0) is 0 Å². The van der Waals surface area contributed by atoms with Gasteiger partial charge < -0.3 is 9.73 Å². The summed E-state index contributed by atoms with van der Waals surface area (Å²) < 4.78 is 6.03. The number of benzene rings is 1. The van der Waals surface area contributed by atoms with Crippen LogP contribution in [0.5, 0.6) is 0 Å². The monoisotopic (exact) mass is 293 g/mol. The van der Waals surface area contributed by atoms with Crippen molar-refractivity contribution in [3.05, 3.63) is 35.0 Å². The molecule has 0 saturated carbocycles. The summed E-state index contributed by atoms with van der Waals surface area (Å²) >= 11 is 6.21. The summed E-state index contributed by atoms with van der Waals surface area (Å²) in [4.78, 5) is 0. The summed E-state index contributed by atoms with van der Waals surface area (Å²) in [6.45, 7) is 7.70. The Bertz CT molecular complexity index is 549. The fourth-order valence-corrected chi connectivity index (χ4v) is 2.93. The molecule has 1 heterocycles. The van der Waals surface area contributed by atoms with Crippen molar-refractivity contribution < 1.29 is 4.42 Å². The van der Waals surface area contributed by atoms with Crippen molar-refractivity contribution in [2.45, 2.75) is 46.1 Å². The zero-order valence-corrected chi connectivity index (χ0v) is 13.3. The number of furan rings is 1. The van der Waals surface area contributed by atoms with E-state index in [0.29, 0.717) is 10.9 Å². The van der Waals surface area contributed by atoms with Gasteiger partial charge in [0.25, 0.3) is 0 Å². The van der Waals surface area contributed by atoms with E-state index in [0.717, 1.165) is 29.7 Å². The molecule has 0 saturated heterocycles. The minimum Gasteiger partial charge on any atom is -0.458 e. The Morgan fingerprint density at radius 2 is 2.05 bits per heavy atom. The minimum atomic E-state index is 0.262. The minimum absolute atomic E-state index is 0.262. The lowest BCUT2D eigenvalue weighted by Crippen LogP contribution is -2.27. The standard InChI is InChI=1S/C17H24ClNO/c1-4-7-12(3)16(19-10-5-2)15-11-13-8-6-9-14(18)17(13)20-15/h6,8-9,11-12,16,19H,4-5,7,10H2,1-3H3. The van der Waals surface area contributed by atoms with E-state index in [-0.39, 0.29) is 6.04 Å². The second-order valence-corrected chi connectivity index (χ2v) is 5.91. The molecule has 0 aliphatic carbocycles. The van der Waals surface area contributed by atoms with Crippen molar-refractivity contribution in [2.24, 2.45) is 5.92 Å². The molecule has 0 fully saturated rings. The smallest absolute Gasteiger partial charge is 0.152 e. The predicted molar refractivity (Wildman–Crippen MR) is 86.3 cm³/mol. The molecule has 1 N–H and O–H groups in total. The Balaban J connectivity index is 2.32. The maximum atomic E-state index is 6.21. The van der Waals surface area contributed by atoms with E-state index in [4.69, 9.17) is 16.0 Å². The van der Waals surface area contributed by atoms with Crippen molar-refractivity contribution >= 4 is 22.6 Å². The van der Waals surface area contributed by atoms with Crippen molar-refractivity contribution in [1.82, 2.24) is 5.32 Å². The zero-order chi connectivity index (χ0) is 14.5.